The molecule has 0 aromatic rings. The van der Waals surface area contributed by atoms with Crippen molar-refractivity contribution in [2.24, 2.45) is 0 Å². The molecule has 2 rings (SSSR count). The fourth-order valence-electron chi connectivity index (χ4n) is 3.59. The highest BCUT2D eigenvalue weighted by Gasteiger charge is 2.34. The monoisotopic (exact) mass is 322 g/mol. The van der Waals surface area contributed by atoms with E-state index in [1.807, 2.05) is 0 Å². The maximum absolute atomic E-state index is 3.41. The van der Waals surface area contributed by atoms with Crippen LogP contribution in [0, 0.1) is 0 Å². The van der Waals surface area contributed by atoms with Gasteiger partial charge in [0, 0.05) is 11.1 Å². The van der Waals surface area contributed by atoms with Crippen LogP contribution >= 0.6 is 12.4 Å². The SMILES string of the molecule is CCCCCCCCCCCCCCC1=C(CC)C2=C=C21.Cl. The Morgan fingerprint density at radius 2 is 1.05 bits per heavy atom. The first-order chi connectivity index (χ1) is 10.4. The number of hydrogen-bond acceptors (Lipinski definition) is 0. The summed E-state index contributed by atoms with van der Waals surface area (Å²) in [6, 6.07) is 0. The van der Waals surface area contributed by atoms with Gasteiger partial charge in [0.05, 0.1) is 0 Å². The van der Waals surface area contributed by atoms with Gasteiger partial charge in [0.2, 0.25) is 0 Å². The fourth-order valence-corrected chi connectivity index (χ4v) is 3.59. The van der Waals surface area contributed by atoms with Crippen molar-refractivity contribution in [3.05, 3.63) is 28.0 Å². The van der Waals surface area contributed by atoms with Gasteiger partial charge in [0.1, 0.15) is 0 Å². The Bertz CT molecular complexity index is 421. The smallest absolute Gasteiger partial charge is 0.0360 e. The van der Waals surface area contributed by atoms with E-state index in [9.17, 15) is 0 Å². The van der Waals surface area contributed by atoms with E-state index in [0.717, 1.165) is 0 Å². The highest BCUT2D eigenvalue weighted by Crippen LogP contribution is 2.50. The predicted molar refractivity (Wildman–Crippen MR) is 101 cm³/mol. The first-order valence-electron chi connectivity index (χ1n) is 9.62. The third kappa shape index (κ3) is 5.98. The van der Waals surface area contributed by atoms with Gasteiger partial charge in [-0.3, -0.25) is 0 Å². The number of rotatable bonds is 14. The van der Waals surface area contributed by atoms with E-state index in [0.29, 0.717) is 0 Å². The first kappa shape index (κ1) is 19.6. The Labute approximate surface area is 144 Å². The molecule has 0 nitrogen and oxygen atoms in total. The lowest BCUT2D eigenvalue weighted by molar-refractivity contribution is 0.543. The van der Waals surface area contributed by atoms with Gasteiger partial charge in [0.15, 0.2) is 0 Å². The molecule has 22 heavy (non-hydrogen) atoms. The minimum Gasteiger partial charge on any atom is -0.147 e. The summed E-state index contributed by atoms with van der Waals surface area (Å²) in [7, 11) is 0. The van der Waals surface area contributed by atoms with Gasteiger partial charge in [-0.15, -0.1) is 18.1 Å². The molecule has 0 saturated heterocycles. The van der Waals surface area contributed by atoms with Crippen LogP contribution in [0.5, 0.6) is 0 Å². The van der Waals surface area contributed by atoms with Crippen LogP contribution in [0.3, 0.4) is 0 Å². The van der Waals surface area contributed by atoms with Crippen molar-refractivity contribution in [1.29, 1.82) is 0 Å². The molecule has 0 heterocycles. The second kappa shape index (κ2) is 11.1. The topological polar surface area (TPSA) is 0 Å². The van der Waals surface area contributed by atoms with Gasteiger partial charge in [-0.05, 0) is 30.4 Å². The first-order valence-corrected chi connectivity index (χ1v) is 9.62. The summed E-state index contributed by atoms with van der Waals surface area (Å²) in [6.45, 7) is 4.57. The van der Waals surface area contributed by atoms with Crippen molar-refractivity contribution in [3.63, 3.8) is 0 Å². The normalized spacial score (nSPS) is 14.8. The van der Waals surface area contributed by atoms with E-state index in [1.54, 1.807) is 11.1 Å². The molecule has 0 aliphatic heterocycles. The van der Waals surface area contributed by atoms with E-state index in [-0.39, 0.29) is 12.4 Å². The zero-order chi connectivity index (χ0) is 14.9. The number of allylic oxidation sites excluding steroid dienone is 3. The molecule has 2 aliphatic rings. The zero-order valence-electron chi connectivity index (χ0n) is 14.8. The third-order valence-electron chi connectivity index (χ3n) is 5.04. The summed E-state index contributed by atoms with van der Waals surface area (Å²) in [6.07, 6.45) is 19.9. The molecular weight excluding hydrogens is 288 g/mol. The summed E-state index contributed by atoms with van der Waals surface area (Å²) < 4.78 is 0. The van der Waals surface area contributed by atoms with Crippen LogP contribution in [0.2, 0.25) is 0 Å². The summed E-state index contributed by atoms with van der Waals surface area (Å²) in [4.78, 5) is 0. The van der Waals surface area contributed by atoms with Gasteiger partial charge in [0.25, 0.3) is 0 Å². The van der Waals surface area contributed by atoms with Gasteiger partial charge in [-0.2, -0.15) is 0 Å². The maximum Gasteiger partial charge on any atom is 0.0360 e. The molecule has 0 radical (unpaired) electrons. The predicted octanol–water partition coefficient (Wildman–Crippen LogP) is 7.68. The summed E-state index contributed by atoms with van der Waals surface area (Å²) in [5.41, 5.74) is 9.71. The molecule has 2 aliphatic carbocycles. The molecule has 0 aromatic heterocycles. The Morgan fingerprint density at radius 1 is 0.591 bits per heavy atom. The molecule has 0 bridgehead atoms. The second-order valence-corrected chi connectivity index (χ2v) is 6.82. The van der Waals surface area contributed by atoms with Crippen LogP contribution in [0.4, 0.5) is 0 Å². The highest BCUT2D eigenvalue weighted by molar-refractivity contribution is 5.85. The van der Waals surface area contributed by atoms with E-state index >= 15 is 0 Å². The standard InChI is InChI=1S/C21H34.ClH/c1-3-5-6-7-8-9-10-11-12-13-14-15-16-19-18(4-2)20-17-21(19)20;/h3-16H2,1-2H3;1H. The largest absolute Gasteiger partial charge is 0.147 e. The molecule has 0 fully saturated rings. The van der Waals surface area contributed by atoms with E-state index in [1.165, 1.54) is 101 Å². The molecular formula is C21H35Cl. The number of unbranched alkanes of at least 4 members (excludes halogenated alkanes) is 11. The van der Waals surface area contributed by atoms with Crippen LogP contribution in [-0.2, 0) is 0 Å². The molecule has 126 valence electrons. The highest BCUT2D eigenvalue weighted by atomic mass is 35.5. The molecule has 0 unspecified atom stereocenters. The number of fused-ring (bicyclic) bond motifs is 1. The average molecular weight is 323 g/mol. The molecule has 0 saturated carbocycles. The van der Waals surface area contributed by atoms with Crippen molar-refractivity contribution in [3.8, 4) is 0 Å². The van der Waals surface area contributed by atoms with E-state index in [4.69, 9.17) is 0 Å². The van der Waals surface area contributed by atoms with Gasteiger partial charge < -0.3 is 0 Å². The maximum atomic E-state index is 3.41. The Morgan fingerprint density at radius 3 is 1.55 bits per heavy atom. The quantitative estimate of drug-likeness (QED) is 0.227. The molecule has 0 N–H and O–H groups in total. The van der Waals surface area contributed by atoms with Crippen LogP contribution < -0.4 is 0 Å². The Kier molecular flexibility index (Phi) is 9.92. The third-order valence-corrected chi connectivity index (χ3v) is 5.04. The fraction of sp³-hybridized carbons (Fsp3) is 0.762. The van der Waals surface area contributed by atoms with E-state index in [2.05, 4.69) is 19.6 Å². The van der Waals surface area contributed by atoms with Gasteiger partial charge in [-0.1, -0.05) is 84.5 Å². The average Bonchev–Trinajstić information content (AvgIpc) is 3.19. The summed E-state index contributed by atoms with van der Waals surface area (Å²) >= 11 is 0. The lowest BCUT2D eigenvalue weighted by Crippen LogP contribution is -2.02. The molecule has 1 heteroatoms. The van der Waals surface area contributed by atoms with Gasteiger partial charge >= 0.3 is 0 Å². The van der Waals surface area contributed by atoms with Crippen LogP contribution in [0.25, 0.3) is 0 Å². The molecule has 0 aromatic carbocycles. The minimum atomic E-state index is 0. The van der Waals surface area contributed by atoms with Crippen LogP contribution in [-0.4, -0.2) is 0 Å². The van der Waals surface area contributed by atoms with Gasteiger partial charge in [-0.25, -0.2) is 0 Å². The molecule has 0 amide bonds. The van der Waals surface area contributed by atoms with Crippen LogP contribution in [0.15, 0.2) is 28.0 Å². The summed E-state index contributed by atoms with van der Waals surface area (Å²) in [5, 5.41) is 0. The Hall–Kier alpha value is -0.450. The van der Waals surface area contributed by atoms with Crippen molar-refractivity contribution < 1.29 is 0 Å². The van der Waals surface area contributed by atoms with Crippen molar-refractivity contribution in [2.45, 2.75) is 104 Å². The number of halogens is 1. The Balaban J connectivity index is 0.00000242. The number of hydrogen-bond donors (Lipinski definition) is 0. The summed E-state index contributed by atoms with van der Waals surface area (Å²) in [5.74, 6) is 0. The van der Waals surface area contributed by atoms with E-state index < -0.39 is 0 Å². The lowest BCUT2D eigenvalue weighted by atomic mass is 9.83. The second-order valence-electron chi connectivity index (χ2n) is 6.82. The lowest BCUT2D eigenvalue weighted by Gasteiger charge is -2.19. The van der Waals surface area contributed by atoms with Crippen LogP contribution in [0.1, 0.15) is 104 Å². The van der Waals surface area contributed by atoms with Crippen molar-refractivity contribution >= 4 is 12.4 Å². The van der Waals surface area contributed by atoms with Crippen molar-refractivity contribution in [2.75, 3.05) is 0 Å². The zero-order valence-corrected chi connectivity index (χ0v) is 15.6. The van der Waals surface area contributed by atoms with Crippen molar-refractivity contribution in [1.82, 2.24) is 0 Å². The molecule has 0 atom stereocenters. The minimum absolute atomic E-state index is 0. The molecule has 0 spiro atoms.